The Hall–Kier alpha value is -0.850. The number of halogens is 2. The monoisotopic (exact) mass is 397 g/mol. The van der Waals surface area contributed by atoms with Crippen molar-refractivity contribution in [3.63, 3.8) is 0 Å². The number of hydrogen-bond acceptors (Lipinski definition) is 4. The highest BCUT2D eigenvalue weighted by molar-refractivity contribution is 6.42. The van der Waals surface area contributed by atoms with Gasteiger partial charge in [-0.05, 0) is 43.6 Å². The minimum absolute atomic E-state index is 0.158. The van der Waals surface area contributed by atoms with Gasteiger partial charge in [-0.3, -0.25) is 9.69 Å². The number of hydrogen-bond donors (Lipinski definition) is 1. The molecule has 3 saturated heterocycles. The lowest BCUT2D eigenvalue weighted by molar-refractivity contribution is -0.142. The van der Waals surface area contributed by atoms with Crippen LogP contribution in [0.2, 0.25) is 10.0 Å². The van der Waals surface area contributed by atoms with Crippen LogP contribution in [0.5, 0.6) is 0 Å². The van der Waals surface area contributed by atoms with Gasteiger partial charge in [0, 0.05) is 13.1 Å². The number of likely N-dealkylation sites (tertiary alicyclic amines) is 1. The van der Waals surface area contributed by atoms with Crippen LogP contribution in [0.4, 0.5) is 0 Å². The van der Waals surface area contributed by atoms with Gasteiger partial charge in [-0.2, -0.15) is 0 Å². The number of piperazine rings is 1. The molecule has 0 aliphatic carbocycles. The molecule has 3 aliphatic rings. The molecule has 3 heterocycles. The molecule has 1 aromatic carbocycles. The normalized spacial score (nSPS) is 29.6. The molecular weight excluding hydrogens is 373 g/mol. The van der Waals surface area contributed by atoms with E-state index in [-0.39, 0.29) is 24.0 Å². The summed E-state index contributed by atoms with van der Waals surface area (Å²) in [6, 6.07) is 6.10. The van der Waals surface area contributed by atoms with E-state index in [0.29, 0.717) is 29.7 Å². The Morgan fingerprint density at radius 1 is 1.15 bits per heavy atom. The van der Waals surface area contributed by atoms with Crippen molar-refractivity contribution in [2.45, 2.75) is 37.4 Å². The molecule has 1 aromatic rings. The third-order valence-electron chi connectivity index (χ3n) is 5.78. The second kappa shape index (κ2) is 8.03. The van der Waals surface area contributed by atoms with Crippen LogP contribution in [0.3, 0.4) is 0 Å². The second-order valence-corrected chi connectivity index (χ2v) is 8.23. The van der Waals surface area contributed by atoms with Gasteiger partial charge in [0.1, 0.15) is 0 Å². The van der Waals surface area contributed by atoms with Crippen molar-refractivity contribution in [2.24, 2.45) is 0 Å². The summed E-state index contributed by atoms with van der Waals surface area (Å²) in [7, 11) is 0. The zero-order valence-corrected chi connectivity index (χ0v) is 16.3. The minimum Gasteiger partial charge on any atom is -0.378 e. The van der Waals surface area contributed by atoms with E-state index in [9.17, 15) is 4.79 Å². The van der Waals surface area contributed by atoms with Gasteiger partial charge in [0.2, 0.25) is 5.91 Å². The van der Waals surface area contributed by atoms with E-state index < -0.39 is 0 Å². The van der Waals surface area contributed by atoms with Crippen LogP contribution in [-0.4, -0.2) is 73.2 Å². The summed E-state index contributed by atoms with van der Waals surface area (Å²) in [4.78, 5) is 17.7. The second-order valence-electron chi connectivity index (χ2n) is 7.41. The molecule has 3 atom stereocenters. The first-order valence-corrected chi connectivity index (χ1v) is 10.2. The highest BCUT2D eigenvalue weighted by Gasteiger charge is 2.44. The molecule has 7 heteroatoms. The molecule has 26 heavy (non-hydrogen) atoms. The fraction of sp³-hybridized carbons (Fsp3) is 0.632. The highest BCUT2D eigenvalue weighted by Crippen LogP contribution is 2.27. The quantitative estimate of drug-likeness (QED) is 0.848. The van der Waals surface area contributed by atoms with Gasteiger partial charge in [0.25, 0.3) is 0 Å². The summed E-state index contributed by atoms with van der Waals surface area (Å²) < 4.78 is 5.87. The van der Waals surface area contributed by atoms with Crippen LogP contribution in [0.25, 0.3) is 0 Å². The molecular formula is C19H25Cl2N3O2. The van der Waals surface area contributed by atoms with E-state index >= 15 is 0 Å². The van der Waals surface area contributed by atoms with Gasteiger partial charge in [0.05, 0.1) is 47.8 Å². The first-order chi connectivity index (χ1) is 12.6. The van der Waals surface area contributed by atoms with Crippen LogP contribution in [0.1, 0.15) is 18.4 Å². The lowest BCUT2D eigenvalue weighted by Crippen LogP contribution is -2.70. The standard InChI is InChI=1S/C19H25Cl2N3O2/c20-14-4-3-13(9-15(14)21)10-18(25)24-8-5-22-16-11-26-12-17(19(16)24)23-6-1-2-7-23/h3-4,9,16-17,19,22H,1-2,5-8,10-12H2/t16-,17+,19+/m1/s1. The van der Waals surface area contributed by atoms with Crippen LogP contribution in [0, 0.1) is 0 Å². The predicted octanol–water partition coefficient (Wildman–Crippen LogP) is 2.20. The molecule has 1 amide bonds. The predicted molar refractivity (Wildman–Crippen MR) is 103 cm³/mol. The molecule has 0 unspecified atom stereocenters. The number of amides is 1. The Labute approximate surface area is 164 Å². The molecule has 1 N–H and O–H groups in total. The molecule has 0 spiro atoms. The van der Waals surface area contributed by atoms with E-state index in [4.69, 9.17) is 27.9 Å². The van der Waals surface area contributed by atoms with Gasteiger partial charge in [0.15, 0.2) is 0 Å². The van der Waals surface area contributed by atoms with Crippen LogP contribution in [-0.2, 0) is 16.0 Å². The molecule has 3 aliphatic heterocycles. The van der Waals surface area contributed by atoms with Crippen molar-refractivity contribution in [2.75, 3.05) is 39.4 Å². The Morgan fingerprint density at radius 2 is 1.96 bits per heavy atom. The molecule has 3 fully saturated rings. The highest BCUT2D eigenvalue weighted by atomic mass is 35.5. The number of benzene rings is 1. The van der Waals surface area contributed by atoms with Gasteiger partial charge in [-0.25, -0.2) is 0 Å². The fourth-order valence-electron chi connectivity index (χ4n) is 4.52. The first-order valence-electron chi connectivity index (χ1n) is 9.42. The number of ether oxygens (including phenoxy) is 1. The maximum atomic E-state index is 13.1. The van der Waals surface area contributed by atoms with Gasteiger partial charge < -0.3 is 15.0 Å². The summed E-state index contributed by atoms with van der Waals surface area (Å²) in [5.74, 6) is 0.158. The Bertz CT molecular complexity index is 664. The van der Waals surface area contributed by atoms with Crippen molar-refractivity contribution in [3.05, 3.63) is 33.8 Å². The zero-order valence-electron chi connectivity index (χ0n) is 14.8. The SMILES string of the molecule is O=C(Cc1ccc(Cl)c(Cl)c1)N1CCN[C@@H]2COC[C@H](N3CCCC3)[C@H]21. The van der Waals surface area contributed by atoms with Gasteiger partial charge in [-0.1, -0.05) is 29.3 Å². The molecule has 4 rings (SSSR count). The van der Waals surface area contributed by atoms with E-state index in [2.05, 4.69) is 15.1 Å². The van der Waals surface area contributed by atoms with Crippen LogP contribution < -0.4 is 5.32 Å². The first kappa shape index (κ1) is 18.5. The van der Waals surface area contributed by atoms with E-state index in [1.165, 1.54) is 12.8 Å². The number of rotatable bonds is 3. The summed E-state index contributed by atoms with van der Waals surface area (Å²) in [6.07, 6.45) is 2.82. The lowest BCUT2D eigenvalue weighted by Gasteiger charge is -2.50. The fourth-order valence-corrected chi connectivity index (χ4v) is 4.84. The summed E-state index contributed by atoms with van der Waals surface area (Å²) in [6.45, 7) is 5.14. The average molecular weight is 398 g/mol. The Balaban J connectivity index is 1.52. The van der Waals surface area contributed by atoms with E-state index in [1.54, 1.807) is 12.1 Å². The van der Waals surface area contributed by atoms with Gasteiger partial charge in [-0.15, -0.1) is 0 Å². The van der Waals surface area contributed by atoms with Crippen molar-refractivity contribution in [3.8, 4) is 0 Å². The maximum Gasteiger partial charge on any atom is 0.227 e. The molecule has 0 aromatic heterocycles. The van der Waals surface area contributed by atoms with Crippen molar-refractivity contribution in [1.82, 2.24) is 15.1 Å². The maximum absolute atomic E-state index is 13.1. The average Bonchev–Trinajstić information content (AvgIpc) is 3.18. The smallest absolute Gasteiger partial charge is 0.227 e. The molecule has 5 nitrogen and oxygen atoms in total. The molecule has 142 valence electrons. The van der Waals surface area contributed by atoms with Crippen molar-refractivity contribution < 1.29 is 9.53 Å². The molecule has 0 bridgehead atoms. The topological polar surface area (TPSA) is 44.8 Å². The van der Waals surface area contributed by atoms with E-state index in [0.717, 1.165) is 31.7 Å². The number of carbonyl (C=O) groups excluding carboxylic acids is 1. The Morgan fingerprint density at radius 3 is 2.73 bits per heavy atom. The third-order valence-corrected chi connectivity index (χ3v) is 6.52. The summed E-state index contributed by atoms with van der Waals surface area (Å²) >= 11 is 12.1. The summed E-state index contributed by atoms with van der Waals surface area (Å²) in [5, 5.41) is 4.57. The van der Waals surface area contributed by atoms with E-state index in [1.807, 2.05) is 6.07 Å². The number of carbonyl (C=O) groups is 1. The van der Waals surface area contributed by atoms with Crippen molar-refractivity contribution in [1.29, 1.82) is 0 Å². The van der Waals surface area contributed by atoms with Crippen LogP contribution in [0.15, 0.2) is 18.2 Å². The number of nitrogens with one attached hydrogen (secondary N) is 1. The number of nitrogens with zero attached hydrogens (tertiary/aromatic N) is 2. The van der Waals surface area contributed by atoms with Crippen LogP contribution >= 0.6 is 23.2 Å². The van der Waals surface area contributed by atoms with Crippen molar-refractivity contribution >= 4 is 29.1 Å². The third kappa shape index (κ3) is 3.73. The Kier molecular flexibility index (Phi) is 5.72. The van der Waals surface area contributed by atoms with Gasteiger partial charge >= 0.3 is 0 Å². The largest absolute Gasteiger partial charge is 0.378 e. The number of fused-ring (bicyclic) bond motifs is 1. The minimum atomic E-state index is 0.158. The summed E-state index contributed by atoms with van der Waals surface area (Å²) in [5.41, 5.74) is 0.907. The zero-order chi connectivity index (χ0) is 18.1. The molecule has 0 radical (unpaired) electrons. The lowest BCUT2D eigenvalue weighted by atomic mass is 9.92. The molecule has 0 saturated carbocycles.